The second kappa shape index (κ2) is 7.07. The van der Waals surface area contributed by atoms with E-state index in [-0.39, 0.29) is 11.8 Å². The first-order valence-electron chi connectivity index (χ1n) is 8.79. The molecule has 1 aliphatic rings. The van der Waals surface area contributed by atoms with Crippen LogP contribution in [0.4, 0.5) is 5.69 Å². The van der Waals surface area contributed by atoms with Crippen LogP contribution >= 0.6 is 0 Å². The highest BCUT2D eigenvalue weighted by Crippen LogP contribution is 2.26. The van der Waals surface area contributed by atoms with Crippen LogP contribution in [0.25, 0.3) is 22.8 Å². The van der Waals surface area contributed by atoms with Crippen LogP contribution in [0.1, 0.15) is 21.7 Å². The molecule has 0 fully saturated rings. The predicted molar refractivity (Wildman–Crippen MR) is 105 cm³/mol. The summed E-state index contributed by atoms with van der Waals surface area (Å²) in [6, 6.07) is 5.36. The summed E-state index contributed by atoms with van der Waals surface area (Å²) < 4.78 is 0. The zero-order chi connectivity index (χ0) is 19.7. The first-order chi connectivity index (χ1) is 13.5. The fourth-order valence-electron chi connectivity index (χ4n) is 3.04. The number of hydrogen-bond donors (Lipinski definition) is 3. The van der Waals surface area contributed by atoms with Crippen LogP contribution in [0.5, 0.6) is 0 Å². The van der Waals surface area contributed by atoms with Gasteiger partial charge >= 0.3 is 0 Å². The van der Waals surface area contributed by atoms with Crippen LogP contribution in [0.3, 0.4) is 0 Å². The van der Waals surface area contributed by atoms with Crippen LogP contribution in [0.2, 0.25) is 0 Å². The maximum atomic E-state index is 12.0. The summed E-state index contributed by atoms with van der Waals surface area (Å²) in [5.74, 6) is 0.0754. The minimum absolute atomic E-state index is 0.0802. The number of nitrogens with zero attached hydrogens (tertiary/aromatic N) is 3. The minimum atomic E-state index is -0.313. The number of hydrogen-bond acceptors (Lipinski definition) is 5. The zero-order valence-corrected chi connectivity index (χ0v) is 15.2. The molecule has 140 valence electrons. The predicted octanol–water partition coefficient (Wildman–Crippen LogP) is 2.25. The Kier molecular flexibility index (Phi) is 4.44. The molecule has 2 amide bonds. The van der Waals surface area contributed by atoms with Gasteiger partial charge in [0.2, 0.25) is 5.91 Å². The van der Waals surface area contributed by atoms with Crippen molar-refractivity contribution in [2.45, 2.75) is 13.3 Å². The number of H-pyrrole nitrogens is 1. The Labute approximate surface area is 161 Å². The van der Waals surface area contributed by atoms with Gasteiger partial charge in [0, 0.05) is 36.6 Å². The number of fused-ring (bicyclic) bond motifs is 1. The van der Waals surface area contributed by atoms with Gasteiger partial charge in [0.1, 0.15) is 0 Å². The fraction of sp³-hybridized carbons (Fsp3) is 0.150. The summed E-state index contributed by atoms with van der Waals surface area (Å²) in [5.41, 5.74) is 4.90. The third-order valence-electron chi connectivity index (χ3n) is 4.52. The van der Waals surface area contributed by atoms with Crippen molar-refractivity contribution in [1.29, 1.82) is 0 Å². The van der Waals surface area contributed by atoms with Crippen molar-refractivity contribution < 1.29 is 9.59 Å². The lowest BCUT2D eigenvalue weighted by atomic mass is 10.1. The Morgan fingerprint density at radius 1 is 1.32 bits per heavy atom. The molecule has 0 unspecified atom stereocenters. The lowest BCUT2D eigenvalue weighted by Crippen LogP contribution is -2.31. The van der Waals surface area contributed by atoms with E-state index in [9.17, 15) is 9.59 Å². The Bertz CT molecular complexity index is 1100. The highest BCUT2D eigenvalue weighted by molar-refractivity contribution is 5.99. The van der Waals surface area contributed by atoms with E-state index in [0.29, 0.717) is 40.6 Å². The van der Waals surface area contributed by atoms with Crippen molar-refractivity contribution in [1.82, 2.24) is 25.3 Å². The van der Waals surface area contributed by atoms with E-state index in [1.807, 2.05) is 0 Å². The van der Waals surface area contributed by atoms with E-state index in [2.05, 4.69) is 37.1 Å². The number of aromatic amines is 1. The van der Waals surface area contributed by atoms with Crippen molar-refractivity contribution in [2.75, 3.05) is 11.9 Å². The molecular formula is C20H18N6O2. The normalized spacial score (nSPS) is 12.8. The Morgan fingerprint density at radius 3 is 2.96 bits per heavy atom. The number of anilines is 1. The fourth-order valence-corrected chi connectivity index (χ4v) is 3.04. The monoisotopic (exact) mass is 374 g/mol. The molecule has 4 heterocycles. The summed E-state index contributed by atoms with van der Waals surface area (Å²) >= 11 is 0. The molecule has 0 atom stereocenters. The van der Waals surface area contributed by atoms with Crippen LogP contribution in [-0.2, 0) is 11.2 Å². The van der Waals surface area contributed by atoms with Gasteiger partial charge in [-0.3, -0.25) is 14.6 Å². The second-order valence-corrected chi connectivity index (χ2v) is 6.40. The Hall–Kier alpha value is -3.81. The molecule has 0 bridgehead atoms. The molecule has 3 aromatic rings. The zero-order valence-electron chi connectivity index (χ0n) is 15.2. The molecule has 28 heavy (non-hydrogen) atoms. The summed E-state index contributed by atoms with van der Waals surface area (Å²) in [7, 11) is 0. The number of carbonyl (C=O) groups is 2. The Morgan fingerprint density at radius 2 is 2.18 bits per heavy atom. The molecule has 0 saturated carbocycles. The average Bonchev–Trinajstić information content (AvgIpc) is 3.15. The number of amides is 2. The first kappa shape index (κ1) is 17.6. The third-order valence-corrected chi connectivity index (χ3v) is 4.52. The highest BCUT2D eigenvalue weighted by Gasteiger charge is 2.20. The Balaban J connectivity index is 1.70. The van der Waals surface area contributed by atoms with Gasteiger partial charge in [-0.1, -0.05) is 6.58 Å². The second-order valence-electron chi connectivity index (χ2n) is 6.40. The van der Waals surface area contributed by atoms with Gasteiger partial charge in [0.15, 0.2) is 5.82 Å². The maximum absolute atomic E-state index is 12.0. The van der Waals surface area contributed by atoms with Gasteiger partial charge in [-0.15, -0.1) is 0 Å². The summed E-state index contributed by atoms with van der Waals surface area (Å²) in [6.07, 6.45) is 5.27. The molecule has 4 rings (SSSR count). The molecule has 8 nitrogen and oxygen atoms in total. The van der Waals surface area contributed by atoms with E-state index >= 15 is 0 Å². The molecule has 0 aliphatic carbocycles. The van der Waals surface area contributed by atoms with Gasteiger partial charge in [-0.25, -0.2) is 9.97 Å². The minimum Gasteiger partial charge on any atom is -0.356 e. The highest BCUT2D eigenvalue weighted by atomic mass is 16.2. The van der Waals surface area contributed by atoms with Crippen LogP contribution < -0.4 is 10.6 Å². The molecule has 0 radical (unpaired) electrons. The average molecular weight is 374 g/mol. The van der Waals surface area contributed by atoms with Crippen molar-refractivity contribution >= 4 is 17.5 Å². The number of pyridine rings is 1. The molecule has 0 aromatic carbocycles. The van der Waals surface area contributed by atoms with Gasteiger partial charge in [0.25, 0.3) is 5.91 Å². The quantitative estimate of drug-likeness (QED) is 0.606. The SMILES string of the molecule is C=CC(=O)Nc1cc(-c2nccc(-c3cc4c([nH]3)CCNC4=O)n2)cnc1C. The van der Waals surface area contributed by atoms with Crippen molar-refractivity contribution in [3.05, 3.63) is 60.2 Å². The van der Waals surface area contributed by atoms with Crippen molar-refractivity contribution in [2.24, 2.45) is 0 Å². The summed E-state index contributed by atoms with van der Waals surface area (Å²) in [4.78, 5) is 40.1. The number of aromatic nitrogens is 4. The molecule has 8 heteroatoms. The molecular weight excluding hydrogens is 356 g/mol. The van der Waals surface area contributed by atoms with E-state index in [1.54, 1.807) is 37.5 Å². The topological polar surface area (TPSA) is 113 Å². The van der Waals surface area contributed by atoms with Gasteiger partial charge in [-0.2, -0.15) is 0 Å². The van der Waals surface area contributed by atoms with Crippen molar-refractivity contribution in [3.63, 3.8) is 0 Å². The largest absolute Gasteiger partial charge is 0.356 e. The van der Waals surface area contributed by atoms with E-state index in [1.165, 1.54) is 6.08 Å². The molecule has 0 spiro atoms. The molecule has 0 saturated heterocycles. The third kappa shape index (κ3) is 3.27. The lowest BCUT2D eigenvalue weighted by Gasteiger charge is -2.10. The summed E-state index contributed by atoms with van der Waals surface area (Å²) in [5, 5.41) is 5.56. The van der Waals surface area contributed by atoms with Crippen LogP contribution in [0, 0.1) is 6.92 Å². The number of nitrogens with one attached hydrogen (secondary N) is 3. The van der Waals surface area contributed by atoms with Crippen LogP contribution in [0.15, 0.2) is 43.2 Å². The maximum Gasteiger partial charge on any atom is 0.253 e. The molecule has 3 aromatic heterocycles. The molecule has 1 aliphatic heterocycles. The van der Waals surface area contributed by atoms with E-state index < -0.39 is 0 Å². The van der Waals surface area contributed by atoms with Gasteiger partial charge in [-0.05, 0) is 31.2 Å². The van der Waals surface area contributed by atoms with Crippen molar-refractivity contribution in [3.8, 4) is 22.8 Å². The van der Waals surface area contributed by atoms with E-state index in [4.69, 9.17) is 0 Å². The van der Waals surface area contributed by atoms with Gasteiger partial charge in [0.05, 0.1) is 28.3 Å². The number of aryl methyl sites for hydroxylation is 1. The summed E-state index contributed by atoms with van der Waals surface area (Å²) in [6.45, 7) is 5.88. The van der Waals surface area contributed by atoms with Gasteiger partial charge < -0.3 is 15.6 Å². The smallest absolute Gasteiger partial charge is 0.253 e. The molecule has 3 N–H and O–H groups in total. The number of rotatable bonds is 4. The first-order valence-corrected chi connectivity index (χ1v) is 8.79. The van der Waals surface area contributed by atoms with Crippen LogP contribution in [-0.4, -0.2) is 38.3 Å². The standard InChI is InChI=1S/C20H18N6O2/c1-3-18(27)25-16-8-12(10-23-11(16)2)19-21-6-5-15(26-19)17-9-13-14(24-17)4-7-22-20(13)28/h3,5-6,8-10,24H,1,4,7H2,2H3,(H,22,28)(H,25,27). The van der Waals surface area contributed by atoms with E-state index in [0.717, 1.165) is 17.8 Å². The number of carbonyl (C=O) groups excluding carboxylic acids is 2. The lowest BCUT2D eigenvalue weighted by molar-refractivity contribution is -0.111.